The van der Waals surface area contributed by atoms with Crippen molar-refractivity contribution >= 4 is 27.3 Å². The molecule has 0 spiro atoms. The monoisotopic (exact) mass is 286 g/mol. The molecule has 0 aliphatic heterocycles. The number of hydrogen-bond donors (Lipinski definition) is 3. The lowest BCUT2D eigenvalue weighted by Gasteiger charge is -2.09. The lowest BCUT2D eigenvalue weighted by atomic mass is 10.2. The van der Waals surface area contributed by atoms with E-state index in [9.17, 15) is 8.42 Å². The number of benzene rings is 1. The molecule has 0 radical (unpaired) electrons. The summed E-state index contributed by atoms with van der Waals surface area (Å²) >= 11 is 5.89. The van der Waals surface area contributed by atoms with Crippen LogP contribution in [0.15, 0.2) is 35.5 Å². The number of nitrogens with two attached hydrogens (primary N) is 1. The van der Waals surface area contributed by atoms with E-state index in [2.05, 4.69) is 14.9 Å². The van der Waals surface area contributed by atoms with Gasteiger partial charge in [-0.2, -0.15) is 5.10 Å². The van der Waals surface area contributed by atoms with E-state index < -0.39 is 10.0 Å². The van der Waals surface area contributed by atoms with Crippen molar-refractivity contribution < 1.29 is 8.42 Å². The van der Waals surface area contributed by atoms with Crippen molar-refractivity contribution in [3.8, 4) is 0 Å². The first-order valence-corrected chi connectivity index (χ1v) is 6.89. The number of sulfonamides is 1. The van der Waals surface area contributed by atoms with Gasteiger partial charge in [-0.1, -0.05) is 17.7 Å². The van der Waals surface area contributed by atoms with Crippen molar-refractivity contribution in [2.45, 2.75) is 11.4 Å². The Morgan fingerprint density at radius 3 is 2.83 bits per heavy atom. The normalized spacial score (nSPS) is 11.4. The highest BCUT2D eigenvalue weighted by Gasteiger charge is 2.18. The molecule has 4 N–H and O–H groups in total. The molecule has 0 amide bonds. The fraction of sp³-hybridized carbons (Fsp3) is 0.100. The molecule has 6 nitrogen and oxygen atoms in total. The Morgan fingerprint density at radius 2 is 2.22 bits per heavy atom. The number of H-pyrrole nitrogens is 1. The Balaban J connectivity index is 2.40. The van der Waals surface area contributed by atoms with Gasteiger partial charge in [0.25, 0.3) is 10.0 Å². The molecule has 1 aromatic heterocycles. The van der Waals surface area contributed by atoms with E-state index >= 15 is 0 Å². The number of aromatic amines is 1. The van der Waals surface area contributed by atoms with Crippen molar-refractivity contribution in [1.82, 2.24) is 10.2 Å². The summed E-state index contributed by atoms with van der Waals surface area (Å²) in [6.45, 7) is 0.241. The molecule has 0 aliphatic carbocycles. The molecule has 1 heterocycles. The number of hydrogen-bond acceptors (Lipinski definition) is 4. The Labute approximate surface area is 109 Å². The minimum Gasteiger partial charge on any atom is -0.326 e. The summed E-state index contributed by atoms with van der Waals surface area (Å²) in [6, 6.07) is 4.64. The largest absolute Gasteiger partial charge is 0.326 e. The number of nitrogens with zero attached hydrogens (tertiary/aromatic N) is 1. The molecule has 0 saturated heterocycles. The van der Waals surface area contributed by atoms with Crippen molar-refractivity contribution in [3.05, 3.63) is 41.2 Å². The van der Waals surface area contributed by atoms with Gasteiger partial charge in [-0.15, -0.1) is 0 Å². The number of rotatable bonds is 4. The summed E-state index contributed by atoms with van der Waals surface area (Å²) in [7, 11) is -3.74. The standard InChI is InChI=1S/C10H11ClN4O2S/c11-9-2-1-7(4-12)3-10(9)18(16,17)15-8-5-13-14-6-8/h1-3,5-6,15H,4,12H2,(H,13,14). The highest BCUT2D eigenvalue weighted by Crippen LogP contribution is 2.24. The first-order chi connectivity index (χ1) is 8.53. The van der Waals surface area contributed by atoms with E-state index in [1.807, 2.05) is 0 Å². The molecular weight excluding hydrogens is 276 g/mol. The molecule has 8 heteroatoms. The van der Waals surface area contributed by atoms with E-state index in [1.54, 1.807) is 6.07 Å². The van der Waals surface area contributed by atoms with E-state index in [-0.39, 0.29) is 16.5 Å². The van der Waals surface area contributed by atoms with Gasteiger partial charge in [-0.05, 0) is 17.7 Å². The van der Waals surface area contributed by atoms with Crippen LogP contribution in [-0.4, -0.2) is 18.6 Å². The number of anilines is 1. The van der Waals surface area contributed by atoms with Crippen LogP contribution in [0.2, 0.25) is 5.02 Å². The molecule has 0 aliphatic rings. The topological polar surface area (TPSA) is 101 Å². The van der Waals surface area contributed by atoms with Gasteiger partial charge in [0.05, 0.1) is 16.9 Å². The lowest BCUT2D eigenvalue weighted by molar-refractivity contribution is 0.601. The van der Waals surface area contributed by atoms with Gasteiger partial charge in [-0.3, -0.25) is 9.82 Å². The Bertz CT molecular complexity index is 640. The summed E-state index contributed by atoms with van der Waals surface area (Å²) in [5, 5.41) is 6.30. The van der Waals surface area contributed by atoms with E-state index in [4.69, 9.17) is 17.3 Å². The van der Waals surface area contributed by atoms with Crippen LogP contribution in [0.3, 0.4) is 0 Å². The van der Waals surface area contributed by atoms with Crippen molar-refractivity contribution in [3.63, 3.8) is 0 Å². The molecular formula is C10H11ClN4O2S. The Kier molecular flexibility index (Phi) is 3.55. The summed E-state index contributed by atoms with van der Waals surface area (Å²) in [4.78, 5) is -0.00619. The highest BCUT2D eigenvalue weighted by molar-refractivity contribution is 7.92. The van der Waals surface area contributed by atoms with E-state index in [0.717, 1.165) is 0 Å². The number of halogens is 1. The molecule has 0 atom stereocenters. The fourth-order valence-electron chi connectivity index (χ4n) is 1.40. The van der Waals surface area contributed by atoms with Crippen LogP contribution in [0.5, 0.6) is 0 Å². The summed E-state index contributed by atoms with van der Waals surface area (Å²) in [5.41, 5.74) is 6.50. The van der Waals surface area contributed by atoms with Crippen LogP contribution < -0.4 is 10.5 Å². The van der Waals surface area contributed by atoms with Crippen molar-refractivity contribution in [2.75, 3.05) is 4.72 Å². The fourth-order valence-corrected chi connectivity index (χ4v) is 2.98. The molecule has 0 unspecified atom stereocenters. The van der Waals surface area contributed by atoms with Crippen LogP contribution >= 0.6 is 11.6 Å². The minimum atomic E-state index is -3.74. The Morgan fingerprint density at radius 1 is 1.44 bits per heavy atom. The van der Waals surface area contributed by atoms with Gasteiger partial charge >= 0.3 is 0 Å². The van der Waals surface area contributed by atoms with Crippen LogP contribution in [0.4, 0.5) is 5.69 Å². The highest BCUT2D eigenvalue weighted by atomic mass is 35.5. The van der Waals surface area contributed by atoms with Gasteiger partial charge in [-0.25, -0.2) is 8.42 Å². The summed E-state index contributed by atoms with van der Waals surface area (Å²) < 4.78 is 26.6. The maximum absolute atomic E-state index is 12.1. The van der Waals surface area contributed by atoms with Gasteiger partial charge in [0.2, 0.25) is 0 Å². The van der Waals surface area contributed by atoms with Crippen LogP contribution in [-0.2, 0) is 16.6 Å². The first-order valence-electron chi connectivity index (χ1n) is 5.03. The smallest absolute Gasteiger partial charge is 0.263 e. The zero-order valence-electron chi connectivity index (χ0n) is 9.22. The average Bonchev–Trinajstić information content (AvgIpc) is 2.81. The van der Waals surface area contributed by atoms with Gasteiger partial charge in [0.15, 0.2) is 0 Å². The zero-order valence-corrected chi connectivity index (χ0v) is 10.8. The zero-order chi connectivity index (χ0) is 13.2. The second-order valence-electron chi connectivity index (χ2n) is 3.56. The quantitative estimate of drug-likeness (QED) is 0.789. The molecule has 0 saturated carbocycles. The molecule has 2 aromatic rings. The predicted molar refractivity (Wildman–Crippen MR) is 68.7 cm³/mol. The van der Waals surface area contributed by atoms with Crippen LogP contribution in [0, 0.1) is 0 Å². The second kappa shape index (κ2) is 4.97. The molecule has 96 valence electrons. The van der Waals surface area contributed by atoms with E-state index in [0.29, 0.717) is 11.3 Å². The first kappa shape index (κ1) is 12.9. The van der Waals surface area contributed by atoms with Gasteiger partial charge in [0, 0.05) is 12.7 Å². The average molecular weight is 287 g/mol. The van der Waals surface area contributed by atoms with Crippen LogP contribution in [0.1, 0.15) is 5.56 Å². The second-order valence-corrected chi connectivity index (χ2v) is 5.62. The minimum absolute atomic E-state index is 0.00619. The summed E-state index contributed by atoms with van der Waals surface area (Å²) in [5.74, 6) is 0. The molecule has 2 rings (SSSR count). The maximum atomic E-state index is 12.1. The lowest BCUT2D eigenvalue weighted by Crippen LogP contribution is -2.13. The SMILES string of the molecule is NCc1ccc(Cl)c(S(=O)(=O)Nc2cn[nH]c2)c1. The molecule has 0 fully saturated rings. The molecule has 0 bridgehead atoms. The van der Waals surface area contributed by atoms with Crippen LogP contribution in [0.25, 0.3) is 0 Å². The third-order valence-electron chi connectivity index (χ3n) is 2.27. The van der Waals surface area contributed by atoms with Gasteiger partial charge < -0.3 is 5.73 Å². The van der Waals surface area contributed by atoms with Crippen molar-refractivity contribution in [2.24, 2.45) is 5.73 Å². The Hall–Kier alpha value is -1.57. The third kappa shape index (κ3) is 2.63. The molecule has 18 heavy (non-hydrogen) atoms. The maximum Gasteiger partial charge on any atom is 0.263 e. The third-order valence-corrected chi connectivity index (χ3v) is 4.13. The molecule has 1 aromatic carbocycles. The van der Waals surface area contributed by atoms with Gasteiger partial charge in [0.1, 0.15) is 4.90 Å². The summed E-state index contributed by atoms with van der Waals surface area (Å²) in [6.07, 6.45) is 2.79. The number of aromatic nitrogens is 2. The predicted octanol–water partition coefficient (Wildman–Crippen LogP) is 1.32. The number of nitrogens with one attached hydrogen (secondary N) is 2. The van der Waals surface area contributed by atoms with Crippen molar-refractivity contribution in [1.29, 1.82) is 0 Å². The van der Waals surface area contributed by atoms with E-state index in [1.165, 1.54) is 24.5 Å².